The van der Waals surface area contributed by atoms with Gasteiger partial charge in [-0.25, -0.2) is 4.39 Å². The van der Waals surface area contributed by atoms with Crippen molar-refractivity contribution in [1.82, 2.24) is 10.2 Å². The van der Waals surface area contributed by atoms with E-state index in [0.29, 0.717) is 10.9 Å². The van der Waals surface area contributed by atoms with Crippen LogP contribution >= 0.6 is 12.4 Å². The highest BCUT2D eigenvalue weighted by molar-refractivity contribution is 5.85. The Morgan fingerprint density at radius 1 is 1.25 bits per heavy atom. The Bertz CT molecular complexity index is 448. The molecule has 0 aliphatic heterocycles. The zero-order chi connectivity index (χ0) is 7.84. The molecule has 0 aliphatic carbocycles. The van der Waals surface area contributed by atoms with Crippen LogP contribution in [0.1, 0.15) is 0 Å². The zero-order valence-corrected chi connectivity index (χ0v) is 6.74. The highest BCUT2D eigenvalue weighted by Gasteiger charge is 1.99. The SMILES string of the molecule is Cl.O=c1[nH][nH]c2cc(F)ccc12. The van der Waals surface area contributed by atoms with Crippen molar-refractivity contribution in [3.63, 3.8) is 0 Å². The Morgan fingerprint density at radius 3 is 2.75 bits per heavy atom. The lowest BCUT2D eigenvalue weighted by Gasteiger charge is -1.85. The molecule has 0 atom stereocenters. The maximum Gasteiger partial charge on any atom is 0.271 e. The number of halogens is 2. The quantitative estimate of drug-likeness (QED) is 0.646. The first-order valence-electron chi connectivity index (χ1n) is 3.13. The van der Waals surface area contributed by atoms with Crippen molar-refractivity contribution < 1.29 is 4.39 Å². The topological polar surface area (TPSA) is 48.6 Å². The van der Waals surface area contributed by atoms with Crippen LogP contribution in [0.15, 0.2) is 23.0 Å². The molecule has 0 spiro atoms. The largest absolute Gasteiger partial charge is 0.297 e. The number of rotatable bonds is 0. The van der Waals surface area contributed by atoms with Gasteiger partial charge in [-0.15, -0.1) is 12.4 Å². The minimum Gasteiger partial charge on any atom is -0.297 e. The van der Waals surface area contributed by atoms with E-state index in [-0.39, 0.29) is 23.8 Å². The molecular formula is C7H6ClFN2O. The Labute approximate surface area is 73.0 Å². The van der Waals surface area contributed by atoms with Crippen molar-refractivity contribution in [1.29, 1.82) is 0 Å². The van der Waals surface area contributed by atoms with Crippen LogP contribution in [-0.2, 0) is 0 Å². The van der Waals surface area contributed by atoms with E-state index >= 15 is 0 Å². The first-order valence-corrected chi connectivity index (χ1v) is 3.13. The molecule has 0 radical (unpaired) electrons. The molecule has 2 N–H and O–H groups in total. The second-order valence-electron chi connectivity index (χ2n) is 2.27. The van der Waals surface area contributed by atoms with Crippen molar-refractivity contribution in [2.75, 3.05) is 0 Å². The van der Waals surface area contributed by atoms with Gasteiger partial charge in [0.15, 0.2) is 0 Å². The van der Waals surface area contributed by atoms with E-state index in [1.54, 1.807) is 0 Å². The lowest BCUT2D eigenvalue weighted by Crippen LogP contribution is -1.96. The van der Waals surface area contributed by atoms with Crippen molar-refractivity contribution in [3.8, 4) is 0 Å². The number of aromatic amines is 2. The first kappa shape index (κ1) is 8.80. The molecule has 0 unspecified atom stereocenters. The number of fused-ring (bicyclic) bond motifs is 1. The maximum absolute atomic E-state index is 12.5. The number of H-pyrrole nitrogens is 2. The second kappa shape index (κ2) is 2.98. The van der Waals surface area contributed by atoms with Gasteiger partial charge >= 0.3 is 0 Å². The summed E-state index contributed by atoms with van der Waals surface area (Å²) in [6.07, 6.45) is 0. The van der Waals surface area contributed by atoms with E-state index < -0.39 is 0 Å². The highest BCUT2D eigenvalue weighted by atomic mass is 35.5. The number of hydrogen-bond donors (Lipinski definition) is 2. The van der Waals surface area contributed by atoms with Crippen LogP contribution in [0.25, 0.3) is 10.9 Å². The molecule has 0 bridgehead atoms. The Balaban J connectivity index is 0.000000720. The van der Waals surface area contributed by atoms with Crippen LogP contribution in [0.2, 0.25) is 0 Å². The minimum atomic E-state index is -0.354. The average Bonchev–Trinajstić information content (AvgIpc) is 2.32. The van der Waals surface area contributed by atoms with Crippen molar-refractivity contribution >= 4 is 23.3 Å². The van der Waals surface area contributed by atoms with Crippen molar-refractivity contribution in [2.45, 2.75) is 0 Å². The fourth-order valence-corrected chi connectivity index (χ4v) is 1.01. The van der Waals surface area contributed by atoms with Crippen LogP contribution in [-0.4, -0.2) is 10.2 Å². The number of aromatic nitrogens is 2. The summed E-state index contributed by atoms with van der Waals surface area (Å²) in [7, 11) is 0. The lowest BCUT2D eigenvalue weighted by molar-refractivity contribution is 0.629. The number of nitrogens with one attached hydrogen (secondary N) is 2. The van der Waals surface area contributed by atoms with Crippen molar-refractivity contribution in [2.24, 2.45) is 0 Å². The summed E-state index contributed by atoms with van der Waals surface area (Å²) in [5, 5.41) is 5.39. The monoisotopic (exact) mass is 188 g/mol. The molecule has 1 aromatic heterocycles. The smallest absolute Gasteiger partial charge is 0.271 e. The van der Waals surface area contributed by atoms with Crippen LogP contribution in [0.3, 0.4) is 0 Å². The first-order chi connectivity index (χ1) is 5.27. The number of hydrogen-bond acceptors (Lipinski definition) is 1. The van der Waals surface area contributed by atoms with Gasteiger partial charge in [0.25, 0.3) is 5.56 Å². The molecule has 2 aromatic rings. The van der Waals surface area contributed by atoms with Gasteiger partial charge in [-0.3, -0.25) is 15.0 Å². The molecule has 0 fully saturated rings. The zero-order valence-electron chi connectivity index (χ0n) is 5.93. The average molecular weight is 189 g/mol. The Hall–Kier alpha value is -1.29. The number of benzene rings is 1. The summed E-state index contributed by atoms with van der Waals surface area (Å²) in [5.41, 5.74) is 0.273. The highest BCUT2D eigenvalue weighted by Crippen LogP contribution is 2.07. The van der Waals surface area contributed by atoms with Gasteiger partial charge in [-0.1, -0.05) is 0 Å². The van der Waals surface area contributed by atoms with Gasteiger partial charge in [0.1, 0.15) is 5.82 Å². The summed E-state index contributed by atoms with van der Waals surface area (Å²) in [6, 6.07) is 3.97. The van der Waals surface area contributed by atoms with Gasteiger partial charge in [0.05, 0.1) is 10.9 Å². The summed E-state index contributed by atoms with van der Waals surface area (Å²) < 4.78 is 12.5. The van der Waals surface area contributed by atoms with E-state index in [9.17, 15) is 9.18 Å². The minimum absolute atomic E-state index is 0. The second-order valence-corrected chi connectivity index (χ2v) is 2.27. The normalized spacial score (nSPS) is 9.75. The molecule has 1 aromatic carbocycles. The summed E-state index contributed by atoms with van der Waals surface area (Å²) in [4.78, 5) is 10.9. The molecule has 3 nitrogen and oxygen atoms in total. The van der Waals surface area contributed by atoms with Gasteiger partial charge < -0.3 is 0 Å². The van der Waals surface area contributed by atoms with Crippen molar-refractivity contribution in [3.05, 3.63) is 34.4 Å². The third kappa shape index (κ3) is 1.21. The predicted octanol–water partition coefficient (Wildman–Crippen LogP) is 1.42. The molecule has 64 valence electrons. The Morgan fingerprint density at radius 2 is 2.00 bits per heavy atom. The fraction of sp³-hybridized carbons (Fsp3) is 0. The third-order valence-corrected chi connectivity index (χ3v) is 1.54. The van der Waals surface area contributed by atoms with Gasteiger partial charge in [0, 0.05) is 0 Å². The van der Waals surface area contributed by atoms with Gasteiger partial charge in [-0.05, 0) is 18.2 Å². The molecule has 12 heavy (non-hydrogen) atoms. The molecule has 0 saturated carbocycles. The van der Waals surface area contributed by atoms with E-state index in [1.165, 1.54) is 18.2 Å². The maximum atomic E-state index is 12.5. The molecular weight excluding hydrogens is 183 g/mol. The fourth-order valence-electron chi connectivity index (χ4n) is 1.01. The van der Waals surface area contributed by atoms with E-state index in [2.05, 4.69) is 10.2 Å². The van der Waals surface area contributed by atoms with Gasteiger partial charge in [-0.2, -0.15) is 0 Å². The van der Waals surface area contributed by atoms with Crippen LogP contribution in [0.4, 0.5) is 4.39 Å². The van der Waals surface area contributed by atoms with E-state index in [4.69, 9.17) is 0 Å². The van der Waals surface area contributed by atoms with Gasteiger partial charge in [0.2, 0.25) is 0 Å². The summed E-state index contributed by atoms with van der Waals surface area (Å²) in [6.45, 7) is 0. The molecule has 1 heterocycles. The van der Waals surface area contributed by atoms with E-state index in [1.807, 2.05) is 0 Å². The van der Waals surface area contributed by atoms with Crippen LogP contribution < -0.4 is 5.56 Å². The van der Waals surface area contributed by atoms with E-state index in [0.717, 1.165) is 0 Å². The van der Waals surface area contributed by atoms with Crippen LogP contribution in [0, 0.1) is 5.82 Å². The molecule has 2 rings (SSSR count). The molecule has 0 saturated heterocycles. The molecule has 0 amide bonds. The molecule has 0 aliphatic rings. The summed E-state index contributed by atoms with van der Waals surface area (Å²) in [5.74, 6) is -0.354. The predicted molar refractivity (Wildman–Crippen MR) is 46.1 cm³/mol. The Kier molecular flexibility index (Phi) is 2.19. The third-order valence-electron chi connectivity index (χ3n) is 1.54. The molecule has 5 heteroatoms. The van der Waals surface area contributed by atoms with Crippen LogP contribution in [0.5, 0.6) is 0 Å². The summed E-state index contributed by atoms with van der Waals surface area (Å²) >= 11 is 0. The lowest BCUT2D eigenvalue weighted by atomic mass is 10.2. The standard InChI is InChI=1S/C7H5FN2O.ClH/c8-4-1-2-5-6(3-4)9-10-7(5)11;/h1-3H,(H2,9,10,11);1H.